The van der Waals surface area contributed by atoms with E-state index in [1.54, 1.807) is 18.2 Å². The molecule has 1 heterocycles. The summed E-state index contributed by atoms with van der Waals surface area (Å²) in [5.41, 5.74) is 0.454. The van der Waals surface area contributed by atoms with Gasteiger partial charge in [0.15, 0.2) is 5.75 Å². The molecule has 2 rings (SSSR count). The number of benzene rings is 1. The quantitative estimate of drug-likeness (QED) is 0.473. The molecule has 0 radical (unpaired) electrons. The molecule has 0 saturated carbocycles. The van der Waals surface area contributed by atoms with Gasteiger partial charge in [0.25, 0.3) is 0 Å². The van der Waals surface area contributed by atoms with E-state index in [1.807, 2.05) is 0 Å². The molecule has 1 aromatic heterocycles. The van der Waals surface area contributed by atoms with Gasteiger partial charge in [0.2, 0.25) is 0 Å². The number of ether oxygens (including phenoxy) is 2. The molecule has 1 aromatic carbocycles. The summed E-state index contributed by atoms with van der Waals surface area (Å²) in [6, 6.07) is 7.59. The first-order valence-corrected chi connectivity index (χ1v) is 6.53. The van der Waals surface area contributed by atoms with Crippen LogP contribution in [0.3, 0.4) is 0 Å². The van der Waals surface area contributed by atoms with E-state index in [2.05, 4.69) is 4.98 Å². The van der Waals surface area contributed by atoms with E-state index < -0.39 is 4.92 Å². The Morgan fingerprint density at radius 3 is 2.67 bits per heavy atom. The number of methoxy groups -OCH3 is 1. The van der Waals surface area contributed by atoms with Crippen LogP contribution in [0.1, 0.15) is 5.56 Å². The molecule has 6 nitrogen and oxygen atoms in total. The smallest absolute Gasteiger partial charge is 0.314 e. The molecule has 8 heteroatoms. The molecule has 0 spiro atoms. The van der Waals surface area contributed by atoms with E-state index >= 15 is 0 Å². The van der Waals surface area contributed by atoms with Crippen molar-refractivity contribution < 1.29 is 14.4 Å². The molecule has 110 valence electrons. The summed E-state index contributed by atoms with van der Waals surface area (Å²) in [5.74, 6) is 0.493. The van der Waals surface area contributed by atoms with Crippen molar-refractivity contribution in [1.29, 1.82) is 0 Å². The van der Waals surface area contributed by atoms with E-state index in [0.29, 0.717) is 11.3 Å². The molecule has 0 amide bonds. The Labute approximate surface area is 130 Å². The Morgan fingerprint density at radius 2 is 2.05 bits per heavy atom. The number of nitro groups is 1. The summed E-state index contributed by atoms with van der Waals surface area (Å²) in [7, 11) is 1.36. The lowest BCUT2D eigenvalue weighted by Gasteiger charge is -2.08. The monoisotopic (exact) mass is 328 g/mol. The van der Waals surface area contributed by atoms with Gasteiger partial charge >= 0.3 is 5.69 Å². The second-order valence-corrected chi connectivity index (χ2v) is 4.71. The van der Waals surface area contributed by atoms with Gasteiger partial charge in [-0.1, -0.05) is 23.2 Å². The van der Waals surface area contributed by atoms with Crippen LogP contribution in [0.25, 0.3) is 0 Å². The van der Waals surface area contributed by atoms with Crippen LogP contribution < -0.4 is 9.47 Å². The molecule has 0 unspecified atom stereocenters. The zero-order valence-corrected chi connectivity index (χ0v) is 12.4. The van der Waals surface area contributed by atoms with Crippen LogP contribution in [-0.2, 0) is 6.61 Å². The summed E-state index contributed by atoms with van der Waals surface area (Å²) in [4.78, 5) is 14.3. The standard InChI is InChI=1S/C13H10Cl2N2O4/c1-20-11-4-3-9(6-10(11)17(18)19)21-7-8-2-5-12(14)16-13(8)15/h2-6H,7H2,1H3. The van der Waals surface area contributed by atoms with Crippen LogP contribution in [0, 0.1) is 10.1 Å². The fourth-order valence-corrected chi connectivity index (χ4v) is 2.01. The summed E-state index contributed by atoms with van der Waals surface area (Å²) >= 11 is 11.6. The molecular formula is C13H10Cl2N2O4. The summed E-state index contributed by atoms with van der Waals surface area (Å²) in [5, 5.41) is 11.4. The van der Waals surface area contributed by atoms with Gasteiger partial charge in [-0.05, 0) is 24.3 Å². The van der Waals surface area contributed by atoms with Crippen LogP contribution in [-0.4, -0.2) is 17.0 Å². The Hall–Kier alpha value is -2.05. The third-order valence-electron chi connectivity index (χ3n) is 2.63. The number of nitrogens with zero attached hydrogens (tertiary/aromatic N) is 2. The minimum absolute atomic E-state index is 0.118. The molecule has 21 heavy (non-hydrogen) atoms. The van der Waals surface area contributed by atoms with Crippen molar-refractivity contribution in [1.82, 2.24) is 4.98 Å². The summed E-state index contributed by atoms with van der Waals surface area (Å²) in [6.07, 6.45) is 0. The largest absolute Gasteiger partial charge is 0.490 e. The first kappa shape index (κ1) is 15.3. The van der Waals surface area contributed by atoms with E-state index in [9.17, 15) is 10.1 Å². The summed E-state index contributed by atoms with van der Waals surface area (Å²) in [6.45, 7) is 0.118. The summed E-state index contributed by atoms with van der Waals surface area (Å²) < 4.78 is 10.4. The highest BCUT2D eigenvalue weighted by Crippen LogP contribution is 2.31. The minimum Gasteiger partial charge on any atom is -0.490 e. The first-order chi connectivity index (χ1) is 10.0. The molecular weight excluding hydrogens is 319 g/mol. The van der Waals surface area contributed by atoms with Gasteiger partial charge in [-0.3, -0.25) is 10.1 Å². The van der Waals surface area contributed by atoms with E-state index in [-0.39, 0.29) is 28.3 Å². The van der Waals surface area contributed by atoms with Gasteiger partial charge in [0.05, 0.1) is 18.1 Å². The average Bonchev–Trinajstić information content (AvgIpc) is 2.46. The number of rotatable bonds is 5. The maximum atomic E-state index is 10.9. The van der Waals surface area contributed by atoms with Crippen LogP contribution in [0.4, 0.5) is 5.69 Å². The van der Waals surface area contributed by atoms with Crippen LogP contribution in [0.5, 0.6) is 11.5 Å². The third-order valence-corrected chi connectivity index (χ3v) is 3.17. The fraction of sp³-hybridized carbons (Fsp3) is 0.154. The molecule has 0 fully saturated rings. The van der Waals surface area contributed by atoms with Gasteiger partial charge in [0, 0.05) is 5.56 Å². The lowest BCUT2D eigenvalue weighted by Crippen LogP contribution is -1.99. The van der Waals surface area contributed by atoms with Crippen LogP contribution in [0.15, 0.2) is 30.3 Å². The third kappa shape index (κ3) is 3.74. The highest BCUT2D eigenvalue weighted by atomic mass is 35.5. The van der Waals surface area contributed by atoms with Crippen molar-refractivity contribution in [3.8, 4) is 11.5 Å². The normalized spacial score (nSPS) is 10.2. The molecule has 0 aliphatic heterocycles. The molecule has 0 N–H and O–H groups in total. The molecule has 2 aromatic rings. The molecule has 0 aliphatic carbocycles. The fourth-order valence-electron chi connectivity index (χ4n) is 1.61. The lowest BCUT2D eigenvalue weighted by molar-refractivity contribution is -0.385. The predicted molar refractivity (Wildman–Crippen MR) is 78.2 cm³/mol. The van der Waals surface area contributed by atoms with Gasteiger partial charge in [-0.2, -0.15) is 0 Å². The van der Waals surface area contributed by atoms with Crippen LogP contribution in [0.2, 0.25) is 10.3 Å². The van der Waals surface area contributed by atoms with Crippen molar-refractivity contribution in [2.45, 2.75) is 6.61 Å². The van der Waals surface area contributed by atoms with Crippen molar-refractivity contribution >= 4 is 28.9 Å². The number of hydrogen-bond donors (Lipinski definition) is 0. The van der Waals surface area contributed by atoms with E-state index in [1.165, 1.54) is 19.2 Å². The van der Waals surface area contributed by atoms with Crippen molar-refractivity contribution in [2.24, 2.45) is 0 Å². The Morgan fingerprint density at radius 1 is 1.29 bits per heavy atom. The topological polar surface area (TPSA) is 74.5 Å². The van der Waals surface area contributed by atoms with Crippen molar-refractivity contribution in [2.75, 3.05) is 7.11 Å². The Kier molecular flexibility index (Phi) is 4.82. The maximum Gasteiger partial charge on any atom is 0.314 e. The molecule has 0 saturated heterocycles. The number of nitro benzene ring substituents is 1. The molecule has 0 atom stereocenters. The second-order valence-electron chi connectivity index (χ2n) is 3.96. The number of aromatic nitrogens is 1. The van der Waals surface area contributed by atoms with Crippen LogP contribution >= 0.6 is 23.2 Å². The van der Waals surface area contributed by atoms with Gasteiger partial charge in [0.1, 0.15) is 22.7 Å². The zero-order chi connectivity index (χ0) is 15.4. The number of halogens is 2. The first-order valence-electron chi connectivity index (χ1n) is 5.77. The highest BCUT2D eigenvalue weighted by molar-refractivity contribution is 6.32. The second kappa shape index (κ2) is 6.60. The predicted octanol–water partition coefficient (Wildman–Crippen LogP) is 3.88. The number of pyridine rings is 1. The minimum atomic E-state index is -0.539. The number of hydrogen-bond acceptors (Lipinski definition) is 5. The van der Waals surface area contributed by atoms with E-state index in [4.69, 9.17) is 32.7 Å². The van der Waals surface area contributed by atoms with Gasteiger partial charge < -0.3 is 9.47 Å². The molecule has 0 aliphatic rings. The lowest BCUT2D eigenvalue weighted by atomic mass is 10.2. The van der Waals surface area contributed by atoms with Gasteiger partial charge in [-0.15, -0.1) is 0 Å². The highest BCUT2D eigenvalue weighted by Gasteiger charge is 2.16. The van der Waals surface area contributed by atoms with E-state index in [0.717, 1.165) is 0 Å². The SMILES string of the molecule is COc1ccc(OCc2ccc(Cl)nc2Cl)cc1[N+](=O)[O-]. The average molecular weight is 329 g/mol. The van der Waals surface area contributed by atoms with Crippen molar-refractivity contribution in [3.63, 3.8) is 0 Å². The van der Waals surface area contributed by atoms with Gasteiger partial charge in [-0.25, -0.2) is 4.98 Å². The maximum absolute atomic E-state index is 10.9. The Bertz CT molecular complexity index is 679. The molecule has 0 bridgehead atoms. The zero-order valence-electron chi connectivity index (χ0n) is 10.9. The van der Waals surface area contributed by atoms with Crippen molar-refractivity contribution in [3.05, 3.63) is 56.3 Å². The Balaban J connectivity index is 2.16.